The van der Waals surface area contributed by atoms with E-state index in [1.54, 1.807) is 48.8 Å². The van der Waals surface area contributed by atoms with Crippen LogP contribution in [0, 0.1) is 0 Å². The maximum Gasteiger partial charge on any atom is 0.128 e. The van der Waals surface area contributed by atoms with Crippen LogP contribution in [0.1, 0.15) is 140 Å². The number of phenolic OH excluding ortho intramolecular Hbond substituents is 4. The fraction of sp³-hybridized carbons (Fsp3) is 0.409. The van der Waals surface area contributed by atoms with Crippen LogP contribution in [0.25, 0.3) is 0 Å². The Morgan fingerprint density at radius 3 is 1.06 bits per heavy atom. The fourth-order valence-electron chi connectivity index (χ4n) is 5.98. The van der Waals surface area contributed by atoms with E-state index in [4.69, 9.17) is 9.98 Å². The van der Waals surface area contributed by atoms with Crippen LogP contribution < -0.4 is 0 Å². The highest BCUT2D eigenvalue weighted by Crippen LogP contribution is 2.44. The maximum atomic E-state index is 11.6. The highest BCUT2D eigenvalue weighted by molar-refractivity contribution is 5.86. The van der Waals surface area contributed by atoms with Crippen molar-refractivity contribution in [3.63, 3.8) is 0 Å². The third kappa shape index (κ3) is 8.58. The van der Waals surface area contributed by atoms with Crippen molar-refractivity contribution in [2.24, 2.45) is 9.98 Å². The van der Waals surface area contributed by atoms with Crippen LogP contribution in [0.15, 0.2) is 82.8 Å². The lowest BCUT2D eigenvalue weighted by molar-refractivity contribution is 0.437. The zero-order chi connectivity index (χ0) is 37.4. The van der Waals surface area contributed by atoms with Gasteiger partial charge in [-0.05, 0) is 57.1 Å². The molecule has 4 aromatic rings. The first-order valence-electron chi connectivity index (χ1n) is 17.4. The second-order valence-electron chi connectivity index (χ2n) is 17.5. The molecule has 0 fully saturated rings. The van der Waals surface area contributed by atoms with Gasteiger partial charge < -0.3 is 20.4 Å². The lowest BCUT2D eigenvalue weighted by atomic mass is 9.79. The SMILES string of the molecule is CC(C)(C)c1cc(C=N[C@H](c2ccccc2O)[C@H](N=Cc2cc(C(C)(C)C)cc(C(C)(C)C)c2O)c2ccccc2O)c(O)c(C(C)(C)C)c1. The molecule has 0 aliphatic heterocycles. The van der Waals surface area contributed by atoms with Crippen LogP contribution in [-0.4, -0.2) is 32.9 Å². The van der Waals surface area contributed by atoms with E-state index >= 15 is 0 Å². The summed E-state index contributed by atoms with van der Waals surface area (Å²) in [5.41, 5.74) is 4.79. The highest BCUT2D eigenvalue weighted by atomic mass is 16.3. The van der Waals surface area contributed by atoms with Gasteiger partial charge in [0, 0.05) is 45.8 Å². The number of aromatic hydroxyl groups is 4. The van der Waals surface area contributed by atoms with Crippen LogP contribution >= 0.6 is 0 Å². The Labute approximate surface area is 299 Å². The first-order chi connectivity index (χ1) is 23.0. The molecule has 4 rings (SSSR count). The molecule has 266 valence electrons. The van der Waals surface area contributed by atoms with Crippen molar-refractivity contribution in [3.05, 3.63) is 117 Å². The summed E-state index contributed by atoms with van der Waals surface area (Å²) >= 11 is 0. The van der Waals surface area contributed by atoms with E-state index in [9.17, 15) is 20.4 Å². The van der Waals surface area contributed by atoms with Gasteiger partial charge in [0.25, 0.3) is 0 Å². The lowest BCUT2D eigenvalue weighted by Gasteiger charge is -2.28. The molecule has 4 aromatic carbocycles. The smallest absolute Gasteiger partial charge is 0.128 e. The number of aliphatic imine (C=N–C) groups is 2. The Morgan fingerprint density at radius 1 is 0.460 bits per heavy atom. The summed E-state index contributed by atoms with van der Waals surface area (Å²) in [4.78, 5) is 10.1. The Balaban J connectivity index is 2.01. The molecule has 0 heterocycles. The quantitative estimate of drug-likeness (QED) is 0.146. The van der Waals surface area contributed by atoms with Gasteiger partial charge in [0.1, 0.15) is 35.1 Å². The van der Waals surface area contributed by atoms with Gasteiger partial charge in [-0.2, -0.15) is 0 Å². The molecule has 0 bridgehead atoms. The largest absolute Gasteiger partial charge is 0.508 e. The molecule has 0 saturated heterocycles. The van der Waals surface area contributed by atoms with Crippen molar-refractivity contribution in [1.29, 1.82) is 0 Å². The maximum absolute atomic E-state index is 11.6. The van der Waals surface area contributed by atoms with E-state index in [1.165, 1.54) is 0 Å². The number of hydrogen-bond donors (Lipinski definition) is 4. The molecule has 0 spiro atoms. The zero-order valence-electron chi connectivity index (χ0n) is 31.9. The first-order valence-corrected chi connectivity index (χ1v) is 17.4. The van der Waals surface area contributed by atoms with Gasteiger partial charge in [-0.25, -0.2) is 0 Å². The summed E-state index contributed by atoms with van der Waals surface area (Å²) in [6.45, 7) is 25.2. The molecule has 6 heteroatoms. The van der Waals surface area contributed by atoms with E-state index in [1.807, 2.05) is 24.3 Å². The van der Waals surface area contributed by atoms with E-state index in [-0.39, 0.29) is 44.7 Å². The minimum Gasteiger partial charge on any atom is -0.508 e. The van der Waals surface area contributed by atoms with E-state index in [0.717, 1.165) is 22.3 Å². The van der Waals surface area contributed by atoms with Crippen molar-refractivity contribution >= 4 is 12.4 Å². The molecular weight excluding hydrogens is 620 g/mol. The molecule has 2 atom stereocenters. The Morgan fingerprint density at radius 2 is 0.780 bits per heavy atom. The second kappa shape index (κ2) is 14.0. The van der Waals surface area contributed by atoms with Crippen LogP contribution in [0.5, 0.6) is 23.0 Å². The minimum absolute atomic E-state index is 0.0286. The standard InChI is InChI=1S/C44H56N2O4/c1-41(2,3)29-21-27(39(49)33(23-29)43(7,8)9)25-45-37(31-17-13-15-19-35(31)47)38(32-18-14-16-20-36(32)48)46-26-28-22-30(42(4,5)6)24-34(40(28)50)44(10,11)12/h13-26,37-38,47-50H,1-12H3/t37-,38-/m1/s1. The molecule has 6 nitrogen and oxygen atoms in total. The van der Waals surface area contributed by atoms with Gasteiger partial charge >= 0.3 is 0 Å². The Kier molecular flexibility index (Phi) is 10.7. The Hall–Kier alpha value is -4.58. The van der Waals surface area contributed by atoms with Crippen LogP contribution in [0.2, 0.25) is 0 Å². The third-order valence-corrected chi connectivity index (χ3v) is 9.19. The molecule has 0 aliphatic carbocycles. The van der Waals surface area contributed by atoms with Crippen molar-refractivity contribution < 1.29 is 20.4 Å². The highest BCUT2D eigenvalue weighted by Gasteiger charge is 2.30. The molecule has 4 N–H and O–H groups in total. The van der Waals surface area contributed by atoms with E-state index in [2.05, 4.69) is 95.2 Å². The predicted octanol–water partition coefficient (Wildman–Crippen LogP) is 10.7. The number of para-hydroxylation sites is 2. The summed E-state index contributed by atoms with van der Waals surface area (Å²) in [5, 5.41) is 45.6. The molecule has 0 aliphatic rings. The van der Waals surface area contributed by atoms with E-state index in [0.29, 0.717) is 22.3 Å². The number of hydrogen-bond acceptors (Lipinski definition) is 6. The average Bonchev–Trinajstić information content (AvgIpc) is 2.98. The number of nitrogens with zero attached hydrogens (tertiary/aromatic N) is 2. The molecule has 0 radical (unpaired) electrons. The summed E-state index contributed by atoms with van der Waals surface area (Å²) in [7, 11) is 0. The molecule has 0 aromatic heterocycles. The van der Waals surface area contributed by atoms with Crippen LogP contribution in [0.4, 0.5) is 0 Å². The minimum atomic E-state index is -0.827. The van der Waals surface area contributed by atoms with Crippen molar-refractivity contribution in [2.75, 3.05) is 0 Å². The van der Waals surface area contributed by atoms with Gasteiger partial charge in [0.15, 0.2) is 0 Å². The van der Waals surface area contributed by atoms with Gasteiger partial charge in [0.05, 0.1) is 0 Å². The van der Waals surface area contributed by atoms with Gasteiger partial charge in [-0.1, -0.05) is 132 Å². The number of rotatable bonds is 7. The van der Waals surface area contributed by atoms with E-state index < -0.39 is 12.1 Å². The normalized spacial score (nSPS) is 14.4. The fourth-order valence-corrected chi connectivity index (χ4v) is 5.98. The van der Waals surface area contributed by atoms with Crippen molar-refractivity contribution in [3.8, 4) is 23.0 Å². The van der Waals surface area contributed by atoms with Crippen LogP contribution in [-0.2, 0) is 21.7 Å². The molecule has 0 unspecified atom stereocenters. The monoisotopic (exact) mass is 676 g/mol. The predicted molar refractivity (Wildman–Crippen MR) is 208 cm³/mol. The summed E-state index contributed by atoms with van der Waals surface area (Å²) in [6.07, 6.45) is 3.30. The second-order valence-corrected chi connectivity index (χ2v) is 17.5. The Bertz CT molecular complexity index is 1750. The van der Waals surface area contributed by atoms with Crippen LogP contribution in [0.3, 0.4) is 0 Å². The zero-order valence-corrected chi connectivity index (χ0v) is 31.9. The first kappa shape index (κ1) is 38.2. The summed E-state index contributed by atoms with van der Waals surface area (Å²) < 4.78 is 0. The average molecular weight is 677 g/mol. The molecular formula is C44H56N2O4. The van der Waals surface area contributed by atoms with Crippen molar-refractivity contribution in [1.82, 2.24) is 0 Å². The molecule has 50 heavy (non-hydrogen) atoms. The molecule has 0 amide bonds. The number of phenols is 4. The van der Waals surface area contributed by atoms with Crippen molar-refractivity contribution in [2.45, 2.75) is 117 Å². The number of benzene rings is 4. The van der Waals surface area contributed by atoms with Gasteiger partial charge in [0.2, 0.25) is 0 Å². The molecule has 0 saturated carbocycles. The third-order valence-electron chi connectivity index (χ3n) is 9.19. The summed E-state index contributed by atoms with van der Waals surface area (Å²) in [5.74, 6) is 0.347. The lowest BCUT2D eigenvalue weighted by Crippen LogP contribution is -2.18. The van der Waals surface area contributed by atoms with Gasteiger partial charge in [-0.15, -0.1) is 0 Å². The van der Waals surface area contributed by atoms with Gasteiger partial charge in [-0.3, -0.25) is 9.98 Å². The topological polar surface area (TPSA) is 106 Å². The summed E-state index contributed by atoms with van der Waals surface area (Å²) in [6, 6.07) is 20.3.